The fraction of sp³-hybridized carbons (Fsp3) is 0.263. The highest BCUT2D eigenvalue weighted by atomic mass is 127. The number of halogens is 1. The summed E-state index contributed by atoms with van der Waals surface area (Å²) < 4.78 is 4.69. The lowest BCUT2D eigenvalue weighted by Gasteiger charge is -2.10. The van der Waals surface area contributed by atoms with Gasteiger partial charge in [-0.2, -0.15) is 5.10 Å². The van der Waals surface area contributed by atoms with E-state index in [1.165, 1.54) is 0 Å². The minimum absolute atomic E-state index is 0.126. The topological polar surface area (TPSA) is 84.7 Å². The average molecular weight is 476 g/mol. The molecule has 0 radical (unpaired) electrons. The van der Waals surface area contributed by atoms with Crippen molar-refractivity contribution in [2.75, 3.05) is 3.53 Å². The van der Waals surface area contributed by atoms with Crippen LogP contribution in [0.15, 0.2) is 42.9 Å². The molecule has 0 saturated carbocycles. The number of aromatic nitrogens is 4. The summed E-state index contributed by atoms with van der Waals surface area (Å²) in [5.41, 5.74) is 4.58. The number of benzene rings is 1. The van der Waals surface area contributed by atoms with Crippen LogP contribution in [0, 0.1) is 6.92 Å². The van der Waals surface area contributed by atoms with Gasteiger partial charge in [0.25, 0.3) is 5.91 Å². The largest absolute Gasteiger partial charge is 0.348 e. The van der Waals surface area contributed by atoms with Crippen molar-refractivity contribution in [1.82, 2.24) is 25.1 Å². The van der Waals surface area contributed by atoms with Gasteiger partial charge in [-0.3, -0.25) is 13.0 Å². The van der Waals surface area contributed by atoms with Gasteiger partial charge >= 0.3 is 0 Å². The van der Waals surface area contributed by atoms with Gasteiger partial charge in [0.2, 0.25) is 5.95 Å². The average Bonchev–Trinajstić information content (AvgIpc) is 3.17. The summed E-state index contributed by atoms with van der Waals surface area (Å²) in [6, 6.07) is 8.19. The molecule has 0 aliphatic rings. The second-order valence-corrected chi connectivity index (χ2v) is 7.03. The summed E-state index contributed by atoms with van der Waals surface area (Å²) in [6.45, 7) is 6.54. The third-order valence-electron chi connectivity index (χ3n) is 4.21. The van der Waals surface area contributed by atoms with Crippen LogP contribution in [0.2, 0.25) is 0 Å². The van der Waals surface area contributed by atoms with Crippen molar-refractivity contribution in [2.24, 2.45) is 0 Å². The summed E-state index contributed by atoms with van der Waals surface area (Å²) in [5, 5.41) is 7.16. The van der Waals surface area contributed by atoms with Gasteiger partial charge in [-0.25, -0.2) is 9.97 Å². The first-order valence-electron chi connectivity index (χ1n) is 8.60. The molecule has 0 unspecified atom stereocenters. The summed E-state index contributed by atoms with van der Waals surface area (Å²) >= 11 is 2.01. The quantitative estimate of drug-likeness (QED) is 0.416. The molecule has 140 valence electrons. The minimum atomic E-state index is -0.126. The second kappa shape index (κ2) is 8.47. The highest BCUT2D eigenvalue weighted by Crippen LogP contribution is 2.21. The first-order valence-corrected chi connectivity index (χ1v) is 9.67. The highest BCUT2D eigenvalue weighted by molar-refractivity contribution is 14.1. The second-order valence-electron chi connectivity index (χ2n) is 6.49. The van der Waals surface area contributed by atoms with Crippen molar-refractivity contribution in [3.8, 4) is 11.3 Å². The van der Waals surface area contributed by atoms with E-state index in [9.17, 15) is 4.79 Å². The van der Waals surface area contributed by atoms with E-state index in [4.69, 9.17) is 0 Å². The first kappa shape index (κ1) is 19.3. The van der Waals surface area contributed by atoms with Gasteiger partial charge in [-0.15, -0.1) is 0 Å². The molecule has 2 aromatic heterocycles. The van der Waals surface area contributed by atoms with Crippen molar-refractivity contribution in [3.05, 3.63) is 59.5 Å². The SMILES string of the molecule is Cc1cc(-c2ccnc(NI)n2)ccc1CNC(=O)c1cnn(C(C)C)c1. The molecule has 2 N–H and O–H groups in total. The van der Waals surface area contributed by atoms with Gasteiger partial charge in [-0.1, -0.05) is 12.1 Å². The smallest absolute Gasteiger partial charge is 0.254 e. The van der Waals surface area contributed by atoms with Gasteiger partial charge in [-0.05, 0) is 44.0 Å². The fourth-order valence-corrected chi connectivity index (χ4v) is 2.89. The Hall–Kier alpha value is -2.49. The molecule has 0 aliphatic carbocycles. The maximum Gasteiger partial charge on any atom is 0.254 e. The highest BCUT2D eigenvalue weighted by Gasteiger charge is 2.11. The number of hydrogen-bond donors (Lipinski definition) is 2. The van der Waals surface area contributed by atoms with Crippen molar-refractivity contribution in [2.45, 2.75) is 33.4 Å². The number of amides is 1. The monoisotopic (exact) mass is 476 g/mol. The number of carbonyl (C=O) groups excluding carboxylic acids is 1. The Morgan fingerprint density at radius 2 is 2.11 bits per heavy atom. The number of anilines is 1. The zero-order chi connectivity index (χ0) is 19.4. The van der Waals surface area contributed by atoms with E-state index in [0.717, 1.165) is 22.4 Å². The van der Waals surface area contributed by atoms with Gasteiger partial charge in [0, 0.05) is 30.5 Å². The van der Waals surface area contributed by atoms with E-state index >= 15 is 0 Å². The van der Waals surface area contributed by atoms with E-state index in [1.807, 2.05) is 61.8 Å². The molecule has 8 heteroatoms. The van der Waals surface area contributed by atoms with Crippen molar-refractivity contribution < 1.29 is 4.79 Å². The van der Waals surface area contributed by atoms with Crippen molar-refractivity contribution >= 4 is 34.7 Å². The summed E-state index contributed by atoms with van der Waals surface area (Å²) in [4.78, 5) is 20.9. The van der Waals surface area contributed by atoms with Crippen LogP contribution in [0.3, 0.4) is 0 Å². The zero-order valence-corrected chi connectivity index (χ0v) is 17.6. The first-order chi connectivity index (χ1) is 13.0. The van der Waals surface area contributed by atoms with E-state index in [2.05, 4.69) is 30.0 Å². The molecule has 0 atom stereocenters. The van der Waals surface area contributed by atoms with E-state index < -0.39 is 0 Å². The normalized spacial score (nSPS) is 10.9. The summed E-state index contributed by atoms with van der Waals surface area (Å²) in [7, 11) is 0. The van der Waals surface area contributed by atoms with E-state index in [0.29, 0.717) is 18.1 Å². The Labute approximate surface area is 172 Å². The predicted molar refractivity (Wildman–Crippen MR) is 114 cm³/mol. The van der Waals surface area contributed by atoms with Crippen LogP contribution in [0.25, 0.3) is 11.3 Å². The standard InChI is InChI=1S/C19H21IN6O/c1-12(2)26-11-16(10-23-26)18(27)22-9-15-5-4-14(8-13(15)3)17-6-7-21-19(24-17)25-20/h4-8,10-12H,9H2,1-3H3,(H,22,27)(H,21,24,25). The molecule has 3 aromatic rings. The van der Waals surface area contributed by atoms with Crippen LogP contribution in [0.5, 0.6) is 0 Å². The molecule has 2 heterocycles. The Kier molecular flexibility index (Phi) is 6.04. The molecule has 0 saturated heterocycles. The molecule has 7 nitrogen and oxygen atoms in total. The zero-order valence-electron chi connectivity index (χ0n) is 15.4. The van der Waals surface area contributed by atoms with Crippen LogP contribution in [-0.4, -0.2) is 25.7 Å². The van der Waals surface area contributed by atoms with Gasteiger partial charge in [0.05, 0.1) is 40.3 Å². The van der Waals surface area contributed by atoms with Crippen molar-refractivity contribution in [3.63, 3.8) is 0 Å². The van der Waals surface area contributed by atoms with Crippen molar-refractivity contribution in [1.29, 1.82) is 0 Å². The van der Waals surface area contributed by atoms with Gasteiger partial charge in [0.1, 0.15) is 0 Å². The molecular weight excluding hydrogens is 455 g/mol. The molecule has 0 fully saturated rings. The molecule has 27 heavy (non-hydrogen) atoms. The third-order valence-corrected chi connectivity index (χ3v) is 4.69. The van der Waals surface area contributed by atoms with E-state index in [1.54, 1.807) is 23.3 Å². The number of hydrogen-bond acceptors (Lipinski definition) is 5. The minimum Gasteiger partial charge on any atom is -0.348 e. The van der Waals surface area contributed by atoms with Crippen LogP contribution in [-0.2, 0) is 6.54 Å². The van der Waals surface area contributed by atoms with Crippen LogP contribution < -0.4 is 8.85 Å². The Morgan fingerprint density at radius 1 is 1.30 bits per heavy atom. The summed E-state index contributed by atoms with van der Waals surface area (Å²) in [6.07, 6.45) is 5.09. The number of nitrogens with one attached hydrogen (secondary N) is 2. The Bertz CT molecular complexity index is 953. The molecule has 0 spiro atoms. The summed E-state index contributed by atoms with van der Waals surface area (Å²) in [5.74, 6) is 0.447. The molecule has 1 aromatic carbocycles. The Balaban J connectivity index is 1.69. The fourth-order valence-electron chi connectivity index (χ4n) is 2.63. The molecule has 0 bridgehead atoms. The lowest BCUT2D eigenvalue weighted by Crippen LogP contribution is -2.22. The van der Waals surface area contributed by atoms with Crippen LogP contribution in [0.4, 0.5) is 5.95 Å². The van der Waals surface area contributed by atoms with Crippen LogP contribution in [0.1, 0.15) is 41.4 Å². The number of nitrogens with zero attached hydrogens (tertiary/aromatic N) is 4. The molecular formula is C19H21IN6O. The van der Waals surface area contributed by atoms with Gasteiger partial charge < -0.3 is 5.32 Å². The lowest BCUT2D eigenvalue weighted by molar-refractivity contribution is 0.0951. The third kappa shape index (κ3) is 4.62. The Morgan fingerprint density at radius 3 is 2.78 bits per heavy atom. The number of rotatable bonds is 6. The number of carbonyl (C=O) groups is 1. The van der Waals surface area contributed by atoms with E-state index in [-0.39, 0.29) is 11.9 Å². The lowest BCUT2D eigenvalue weighted by atomic mass is 10.0. The van der Waals surface area contributed by atoms with Gasteiger partial charge in [0.15, 0.2) is 0 Å². The predicted octanol–water partition coefficient (Wildman–Crippen LogP) is 3.92. The number of aryl methyl sites for hydroxylation is 1. The maximum absolute atomic E-state index is 12.3. The molecule has 1 amide bonds. The maximum atomic E-state index is 12.3. The van der Waals surface area contributed by atoms with Crippen LogP contribution >= 0.6 is 22.9 Å². The molecule has 0 aliphatic heterocycles. The molecule has 3 rings (SSSR count).